The highest BCUT2D eigenvalue weighted by Gasteiger charge is 2.33. The standard InChI is InChI=1S/C23H32N2O7S2/c1-9-30-19(26)13-16-14-33-18-12-15(25(34(8)29)21(28)32-23(5,6)7)10-11-17(18)24(16)20(27)31-22(2,3)4/h10-12,14H,9,13H2,1-8H3. The highest BCUT2D eigenvalue weighted by molar-refractivity contribution is 8.02. The molecule has 9 nitrogen and oxygen atoms in total. The summed E-state index contributed by atoms with van der Waals surface area (Å²) in [6.45, 7) is 12.3. The van der Waals surface area contributed by atoms with E-state index in [9.17, 15) is 18.6 Å². The van der Waals surface area contributed by atoms with Gasteiger partial charge in [0.2, 0.25) is 0 Å². The Morgan fingerprint density at radius 3 is 2.21 bits per heavy atom. The van der Waals surface area contributed by atoms with Crippen molar-refractivity contribution in [1.82, 2.24) is 0 Å². The molecule has 34 heavy (non-hydrogen) atoms. The number of esters is 1. The molecule has 11 heteroatoms. The van der Waals surface area contributed by atoms with Gasteiger partial charge < -0.3 is 14.2 Å². The van der Waals surface area contributed by atoms with Crippen molar-refractivity contribution in [3.8, 4) is 0 Å². The van der Waals surface area contributed by atoms with Gasteiger partial charge in [-0.15, -0.1) is 0 Å². The number of hydrogen-bond donors (Lipinski definition) is 0. The fourth-order valence-corrected chi connectivity index (χ4v) is 4.49. The summed E-state index contributed by atoms with van der Waals surface area (Å²) in [5.41, 5.74) is -0.316. The molecular formula is C23H32N2O7S2. The Morgan fingerprint density at radius 2 is 1.68 bits per heavy atom. The van der Waals surface area contributed by atoms with Crippen LogP contribution in [0, 0.1) is 0 Å². The maximum absolute atomic E-state index is 13.1. The number of hydrogen-bond acceptors (Lipinski definition) is 8. The van der Waals surface area contributed by atoms with Crippen LogP contribution in [0.3, 0.4) is 0 Å². The molecule has 1 heterocycles. The first kappa shape index (κ1) is 27.7. The lowest BCUT2D eigenvalue weighted by Gasteiger charge is -2.33. The van der Waals surface area contributed by atoms with Crippen molar-refractivity contribution >= 4 is 52.3 Å². The number of rotatable bonds is 5. The molecule has 1 aromatic rings. The molecule has 2 amide bonds. The summed E-state index contributed by atoms with van der Waals surface area (Å²) < 4.78 is 29.4. The van der Waals surface area contributed by atoms with E-state index in [1.165, 1.54) is 22.9 Å². The molecule has 0 fully saturated rings. The van der Waals surface area contributed by atoms with Crippen molar-refractivity contribution in [3.63, 3.8) is 0 Å². The summed E-state index contributed by atoms with van der Waals surface area (Å²) in [6, 6.07) is 4.82. The van der Waals surface area contributed by atoms with E-state index in [4.69, 9.17) is 14.2 Å². The van der Waals surface area contributed by atoms with Crippen LogP contribution in [0.2, 0.25) is 0 Å². The molecule has 1 atom stereocenters. The smallest absolute Gasteiger partial charge is 0.427 e. The Balaban J connectivity index is 2.48. The predicted octanol–water partition coefficient (Wildman–Crippen LogP) is 5.36. The predicted molar refractivity (Wildman–Crippen MR) is 133 cm³/mol. The number of nitrogens with zero attached hydrogens (tertiary/aromatic N) is 2. The van der Waals surface area contributed by atoms with E-state index >= 15 is 0 Å². The van der Waals surface area contributed by atoms with Crippen LogP contribution in [-0.4, -0.2) is 46.4 Å². The van der Waals surface area contributed by atoms with Crippen LogP contribution in [0.1, 0.15) is 54.9 Å². The van der Waals surface area contributed by atoms with Crippen molar-refractivity contribution in [2.45, 2.75) is 71.0 Å². The van der Waals surface area contributed by atoms with Crippen molar-refractivity contribution in [1.29, 1.82) is 0 Å². The average Bonchev–Trinajstić information content (AvgIpc) is 2.64. The molecule has 2 rings (SSSR count). The van der Waals surface area contributed by atoms with E-state index in [1.807, 2.05) is 0 Å². The molecule has 1 aromatic carbocycles. The lowest BCUT2D eigenvalue weighted by atomic mass is 10.2. The van der Waals surface area contributed by atoms with Gasteiger partial charge in [0.15, 0.2) is 0 Å². The second-order valence-corrected chi connectivity index (χ2v) is 11.5. The Hall–Kier alpha value is -2.53. The lowest BCUT2D eigenvalue weighted by Crippen LogP contribution is -2.39. The second kappa shape index (κ2) is 10.8. The van der Waals surface area contributed by atoms with Gasteiger partial charge in [0, 0.05) is 16.8 Å². The monoisotopic (exact) mass is 512 g/mol. The molecule has 188 valence electrons. The van der Waals surface area contributed by atoms with E-state index in [0.717, 1.165) is 4.31 Å². The lowest BCUT2D eigenvalue weighted by molar-refractivity contribution is -0.142. The van der Waals surface area contributed by atoms with Crippen molar-refractivity contribution < 1.29 is 32.8 Å². The van der Waals surface area contributed by atoms with Crippen LogP contribution in [0.5, 0.6) is 0 Å². The van der Waals surface area contributed by atoms with Crippen molar-refractivity contribution in [3.05, 3.63) is 29.3 Å². The Morgan fingerprint density at radius 1 is 1.06 bits per heavy atom. The minimum atomic E-state index is -1.70. The highest BCUT2D eigenvalue weighted by Crippen LogP contribution is 2.42. The van der Waals surface area contributed by atoms with Gasteiger partial charge in [0.05, 0.1) is 24.4 Å². The van der Waals surface area contributed by atoms with Gasteiger partial charge in [-0.05, 0) is 72.1 Å². The number of carbonyl (C=O) groups is 3. The largest absolute Gasteiger partial charge is 0.466 e. The van der Waals surface area contributed by atoms with Crippen molar-refractivity contribution in [2.75, 3.05) is 22.1 Å². The van der Waals surface area contributed by atoms with Crippen LogP contribution in [0.15, 0.2) is 34.2 Å². The van der Waals surface area contributed by atoms with Gasteiger partial charge in [-0.3, -0.25) is 4.79 Å². The third kappa shape index (κ3) is 7.49. The first-order chi connectivity index (χ1) is 15.6. The number of amides is 2. The third-order valence-corrected chi connectivity index (χ3v) is 5.90. The first-order valence-corrected chi connectivity index (χ1v) is 13.1. The quantitative estimate of drug-likeness (QED) is 0.384. The fourth-order valence-electron chi connectivity index (χ4n) is 2.91. The molecule has 0 saturated carbocycles. The summed E-state index contributed by atoms with van der Waals surface area (Å²) in [7, 11) is -1.70. The van der Waals surface area contributed by atoms with Gasteiger partial charge in [-0.1, -0.05) is 11.8 Å². The van der Waals surface area contributed by atoms with Crippen LogP contribution in [0.4, 0.5) is 21.0 Å². The molecule has 1 aliphatic heterocycles. The van der Waals surface area contributed by atoms with Crippen LogP contribution in [0.25, 0.3) is 0 Å². The number of fused-ring (bicyclic) bond motifs is 1. The number of thioether (sulfide) groups is 1. The molecule has 0 spiro atoms. The summed E-state index contributed by atoms with van der Waals surface area (Å²) in [5.74, 6) is -0.472. The second-order valence-electron chi connectivity index (χ2n) is 9.38. The molecule has 1 unspecified atom stereocenters. The summed E-state index contributed by atoms with van der Waals surface area (Å²) in [4.78, 5) is 39.8. The molecule has 0 aromatic heterocycles. The van der Waals surface area contributed by atoms with Crippen LogP contribution < -0.4 is 9.21 Å². The number of benzene rings is 1. The average molecular weight is 513 g/mol. The van der Waals surface area contributed by atoms with E-state index in [2.05, 4.69) is 0 Å². The van der Waals surface area contributed by atoms with Gasteiger partial charge in [-0.25, -0.2) is 18.7 Å². The minimum Gasteiger partial charge on any atom is -0.466 e. The number of ether oxygens (including phenoxy) is 3. The summed E-state index contributed by atoms with van der Waals surface area (Å²) in [6.07, 6.45) is -0.150. The van der Waals surface area contributed by atoms with Crippen LogP contribution in [-0.2, 0) is 30.0 Å². The molecule has 0 aliphatic carbocycles. The first-order valence-electron chi connectivity index (χ1n) is 10.7. The Kier molecular flexibility index (Phi) is 8.81. The Labute approximate surface area is 207 Å². The van der Waals surface area contributed by atoms with Gasteiger partial charge >= 0.3 is 18.2 Å². The van der Waals surface area contributed by atoms with Crippen molar-refractivity contribution in [2.24, 2.45) is 0 Å². The van der Waals surface area contributed by atoms with E-state index in [0.29, 0.717) is 22.0 Å². The van der Waals surface area contributed by atoms with E-state index < -0.39 is 40.3 Å². The molecule has 0 bridgehead atoms. The zero-order valence-corrected chi connectivity index (χ0v) is 22.4. The van der Waals surface area contributed by atoms with Crippen LogP contribution >= 0.6 is 11.8 Å². The third-order valence-electron chi connectivity index (χ3n) is 4.05. The maximum Gasteiger partial charge on any atom is 0.427 e. The molecule has 0 N–H and O–H groups in total. The normalized spacial score (nSPS) is 14.5. The van der Waals surface area contributed by atoms with E-state index in [-0.39, 0.29) is 13.0 Å². The number of anilines is 2. The van der Waals surface area contributed by atoms with E-state index in [1.54, 1.807) is 72.1 Å². The maximum atomic E-state index is 13.1. The fraction of sp³-hybridized carbons (Fsp3) is 0.522. The topological polar surface area (TPSA) is 102 Å². The van der Waals surface area contributed by atoms with Gasteiger partial charge in [-0.2, -0.15) is 4.31 Å². The highest BCUT2D eigenvalue weighted by atomic mass is 32.2. The molecule has 1 aliphatic rings. The molecular weight excluding hydrogens is 480 g/mol. The summed E-state index contributed by atoms with van der Waals surface area (Å²) >= 11 is 1.27. The zero-order valence-electron chi connectivity index (χ0n) is 20.8. The van der Waals surface area contributed by atoms with Gasteiger partial charge in [0.1, 0.15) is 22.2 Å². The minimum absolute atomic E-state index is 0.121. The molecule has 0 saturated heterocycles. The number of carbonyl (C=O) groups excluding carboxylic acids is 3. The van der Waals surface area contributed by atoms with Gasteiger partial charge in [0.25, 0.3) is 0 Å². The summed E-state index contributed by atoms with van der Waals surface area (Å²) in [5, 5.41) is 1.66. The SMILES string of the molecule is CCOC(=O)CC1=CSc2cc(N(C(=O)OC(C)(C)C)S(C)=O)ccc2N1C(=O)OC(C)(C)C. The Bertz CT molecular complexity index is 1010. The zero-order chi connectivity index (χ0) is 25.8. The molecule has 0 radical (unpaired) electrons.